The van der Waals surface area contributed by atoms with Crippen molar-refractivity contribution in [2.75, 3.05) is 0 Å². The summed E-state index contributed by atoms with van der Waals surface area (Å²) in [6.45, 7) is 2.58. The summed E-state index contributed by atoms with van der Waals surface area (Å²) < 4.78 is 4.05. The van der Waals surface area contributed by atoms with Crippen molar-refractivity contribution in [3.05, 3.63) is 16.6 Å². The molecule has 0 aliphatic rings. The van der Waals surface area contributed by atoms with Crippen LogP contribution in [0.1, 0.15) is 10.6 Å². The first-order chi connectivity index (χ1) is 3.83. The SMILES string of the molecule is Cc1cc(CN)ns1. The zero-order valence-electron chi connectivity index (χ0n) is 4.72. The molecule has 0 atom stereocenters. The van der Waals surface area contributed by atoms with Gasteiger partial charge in [-0.2, -0.15) is 4.37 Å². The lowest BCUT2D eigenvalue weighted by atomic mass is 10.4. The molecule has 0 aromatic carbocycles. The highest BCUT2D eigenvalue weighted by molar-refractivity contribution is 7.05. The molecule has 0 saturated heterocycles. The van der Waals surface area contributed by atoms with Crippen molar-refractivity contribution in [1.29, 1.82) is 0 Å². The second kappa shape index (κ2) is 2.24. The molecule has 0 aliphatic heterocycles. The van der Waals surface area contributed by atoms with Crippen LogP contribution in [-0.4, -0.2) is 4.37 Å². The first-order valence-electron chi connectivity index (χ1n) is 2.45. The van der Waals surface area contributed by atoms with Crippen molar-refractivity contribution in [1.82, 2.24) is 4.37 Å². The molecular weight excluding hydrogens is 120 g/mol. The van der Waals surface area contributed by atoms with Crippen LogP contribution in [0, 0.1) is 6.92 Å². The fraction of sp³-hybridized carbons (Fsp3) is 0.400. The van der Waals surface area contributed by atoms with Crippen molar-refractivity contribution in [2.45, 2.75) is 13.5 Å². The molecule has 1 rings (SSSR count). The van der Waals surface area contributed by atoms with E-state index < -0.39 is 0 Å². The highest BCUT2D eigenvalue weighted by atomic mass is 32.1. The molecule has 0 aliphatic carbocycles. The van der Waals surface area contributed by atoms with Crippen molar-refractivity contribution >= 4 is 11.5 Å². The standard InChI is InChI=1S/C5H8N2S/c1-4-2-5(3-6)7-8-4/h2H,3,6H2,1H3. The molecule has 2 nitrogen and oxygen atoms in total. The summed E-state index contributed by atoms with van der Waals surface area (Å²) in [6, 6.07) is 2.00. The first kappa shape index (κ1) is 5.72. The van der Waals surface area contributed by atoms with Gasteiger partial charge in [-0.25, -0.2) is 0 Å². The summed E-state index contributed by atoms with van der Waals surface area (Å²) in [5.41, 5.74) is 6.30. The number of rotatable bonds is 1. The Hall–Kier alpha value is -0.410. The third-order valence-electron chi connectivity index (χ3n) is 0.886. The van der Waals surface area contributed by atoms with Crippen LogP contribution >= 0.6 is 11.5 Å². The third kappa shape index (κ3) is 1.05. The molecule has 1 heterocycles. The van der Waals surface area contributed by atoms with Crippen LogP contribution in [0.15, 0.2) is 6.07 Å². The third-order valence-corrected chi connectivity index (χ3v) is 1.62. The lowest BCUT2D eigenvalue weighted by Crippen LogP contribution is -1.94. The maximum atomic E-state index is 5.31. The van der Waals surface area contributed by atoms with Crippen LogP contribution in [0.2, 0.25) is 0 Å². The summed E-state index contributed by atoms with van der Waals surface area (Å²) in [5, 5.41) is 0. The van der Waals surface area contributed by atoms with E-state index in [4.69, 9.17) is 5.73 Å². The van der Waals surface area contributed by atoms with E-state index >= 15 is 0 Å². The van der Waals surface area contributed by atoms with Crippen LogP contribution in [0.3, 0.4) is 0 Å². The molecule has 0 radical (unpaired) electrons. The molecule has 3 heteroatoms. The molecule has 0 saturated carbocycles. The Morgan fingerprint density at radius 3 is 2.88 bits per heavy atom. The number of hydrogen-bond donors (Lipinski definition) is 1. The van der Waals surface area contributed by atoms with Gasteiger partial charge in [0, 0.05) is 11.4 Å². The summed E-state index contributed by atoms with van der Waals surface area (Å²) >= 11 is 1.50. The van der Waals surface area contributed by atoms with E-state index in [2.05, 4.69) is 4.37 Å². The Kier molecular flexibility index (Phi) is 1.60. The van der Waals surface area contributed by atoms with Gasteiger partial charge in [-0.3, -0.25) is 0 Å². The van der Waals surface area contributed by atoms with Gasteiger partial charge in [-0.05, 0) is 24.5 Å². The predicted octanol–water partition coefficient (Wildman–Crippen LogP) is 0.910. The highest BCUT2D eigenvalue weighted by Gasteiger charge is 1.91. The van der Waals surface area contributed by atoms with Gasteiger partial charge in [0.25, 0.3) is 0 Å². The molecule has 0 amide bonds. The van der Waals surface area contributed by atoms with Gasteiger partial charge in [0.1, 0.15) is 0 Å². The van der Waals surface area contributed by atoms with Gasteiger partial charge >= 0.3 is 0 Å². The van der Waals surface area contributed by atoms with E-state index in [9.17, 15) is 0 Å². The average molecular weight is 128 g/mol. The van der Waals surface area contributed by atoms with E-state index in [0.717, 1.165) is 5.69 Å². The highest BCUT2D eigenvalue weighted by Crippen LogP contribution is 2.05. The van der Waals surface area contributed by atoms with Gasteiger partial charge in [-0.1, -0.05) is 0 Å². The number of nitrogens with zero attached hydrogens (tertiary/aromatic N) is 1. The lowest BCUT2D eigenvalue weighted by molar-refractivity contribution is 1.03. The Balaban J connectivity index is 2.84. The van der Waals surface area contributed by atoms with Crippen molar-refractivity contribution in [3.63, 3.8) is 0 Å². The molecule has 1 aromatic heterocycles. The van der Waals surface area contributed by atoms with E-state index in [1.54, 1.807) is 0 Å². The molecule has 0 spiro atoms. The topological polar surface area (TPSA) is 38.9 Å². The second-order valence-corrected chi connectivity index (χ2v) is 2.64. The van der Waals surface area contributed by atoms with E-state index in [1.807, 2.05) is 13.0 Å². The summed E-state index contributed by atoms with van der Waals surface area (Å²) in [5.74, 6) is 0. The van der Waals surface area contributed by atoms with E-state index in [1.165, 1.54) is 16.4 Å². The average Bonchev–Trinajstić information content (AvgIpc) is 2.14. The minimum atomic E-state index is 0.560. The van der Waals surface area contributed by atoms with Gasteiger partial charge in [-0.15, -0.1) is 0 Å². The van der Waals surface area contributed by atoms with Crippen LogP contribution < -0.4 is 5.73 Å². The fourth-order valence-corrected chi connectivity index (χ4v) is 1.09. The van der Waals surface area contributed by atoms with Crippen molar-refractivity contribution in [3.8, 4) is 0 Å². The zero-order valence-corrected chi connectivity index (χ0v) is 5.53. The van der Waals surface area contributed by atoms with Crippen LogP contribution in [0.25, 0.3) is 0 Å². The Labute approximate surface area is 52.5 Å². The predicted molar refractivity (Wildman–Crippen MR) is 34.7 cm³/mol. The molecule has 0 bridgehead atoms. The number of nitrogens with two attached hydrogens (primary N) is 1. The summed E-state index contributed by atoms with van der Waals surface area (Å²) in [7, 11) is 0. The molecule has 44 valence electrons. The molecule has 0 fully saturated rings. The normalized spacial score (nSPS) is 9.75. The molecular formula is C5H8N2S. The number of hydrogen-bond acceptors (Lipinski definition) is 3. The maximum Gasteiger partial charge on any atom is 0.0680 e. The maximum absolute atomic E-state index is 5.31. The van der Waals surface area contributed by atoms with E-state index in [-0.39, 0.29) is 0 Å². The molecule has 8 heavy (non-hydrogen) atoms. The van der Waals surface area contributed by atoms with Gasteiger partial charge in [0.2, 0.25) is 0 Å². The monoisotopic (exact) mass is 128 g/mol. The summed E-state index contributed by atoms with van der Waals surface area (Å²) in [4.78, 5) is 1.23. The van der Waals surface area contributed by atoms with Crippen molar-refractivity contribution < 1.29 is 0 Å². The molecule has 2 N–H and O–H groups in total. The lowest BCUT2D eigenvalue weighted by Gasteiger charge is -1.78. The quantitative estimate of drug-likeness (QED) is 0.610. The fourth-order valence-electron chi connectivity index (χ4n) is 0.514. The smallest absolute Gasteiger partial charge is 0.0680 e. The van der Waals surface area contributed by atoms with E-state index in [0.29, 0.717) is 6.54 Å². The number of aryl methyl sites for hydroxylation is 1. The Morgan fingerprint density at radius 1 is 1.88 bits per heavy atom. The molecule has 0 unspecified atom stereocenters. The number of aromatic nitrogens is 1. The minimum Gasteiger partial charge on any atom is -0.325 e. The zero-order chi connectivity index (χ0) is 5.98. The van der Waals surface area contributed by atoms with Gasteiger partial charge in [0.15, 0.2) is 0 Å². The van der Waals surface area contributed by atoms with Crippen LogP contribution in [-0.2, 0) is 6.54 Å². The summed E-state index contributed by atoms with van der Waals surface area (Å²) in [6.07, 6.45) is 0. The first-order valence-corrected chi connectivity index (χ1v) is 3.22. The van der Waals surface area contributed by atoms with Crippen LogP contribution in [0.4, 0.5) is 0 Å². The molecule has 1 aromatic rings. The van der Waals surface area contributed by atoms with Gasteiger partial charge in [0.05, 0.1) is 5.69 Å². The largest absolute Gasteiger partial charge is 0.325 e. The Morgan fingerprint density at radius 2 is 2.62 bits per heavy atom. The minimum absolute atomic E-state index is 0.560. The Bertz CT molecular complexity index is 171. The van der Waals surface area contributed by atoms with Crippen LogP contribution in [0.5, 0.6) is 0 Å². The van der Waals surface area contributed by atoms with Crippen molar-refractivity contribution in [2.24, 2.45) is 5.73 Å². The van der Waals surface area contributed by atoms with Gasteiger partial charge < -0.3 is 5.73 Å². The second-order valence-electron chi connectivity index (χ2n) is 1.63.